The lowest BCUT2D eigenvalue weighted by Crippen LogP contribution is -2.26. The Kier molecular flexibility index (Phi) is 4.56. The van der Waals surface area contributed by atoms with Gasteiger partial charge in [-0.2, -0.15) is 4.98 Å². The van der Waals surface area contributed by atoms with Crippen LogP contribution in [0.1, 0.15) is 16.2 Å². The highest BCUT2D eigenvalue weighted by molar-refractivity contribution is 7.89. The van der Waals surface area contributed by atoms with Crippen molar-refractivity contribution in [1.82, 2.24) is 14.9 Å². The van der Waals surface area contributed by atoms with Crippen LogP contribution in [0.5, 0.6) is 0 Å². The number of sulfonamides is 1. The Bertz CT molecular complexity index is 745. The largest absolute Gasteiger partial charge is 0.478 e. The minimum absolute atomic E-state index is 0.0121. The van der Waals surface area contributed by atoms with Crippen LogP contribution in [0.25, 0.3) is 0 Å². The van der Waals surface area contributed by atoms with Crippen LogP contribution in [0.4, 0.5) is 0 Å². The molecule has 1 heterocycles. The number of hydrogen-bond acceptors (Lipinski definition) is 6. The zero-order valence-electron chi connectivity index (χ0n) is 10.5. The highest BCUT2D eigenvalue weighted by Crippen LogP contribution is 2.22. The number of benzene rings is 1. The van der Waals surface area contributed by atoms with Gasteiger partial charge < -0.3 is 9.63 Å². The Morgan fingerprint density at radius 1 is 1.43 bits per heavy atom. The molecule has 0 aliphatic heterocycles. The Balaban J connectivity index is 2.15. The summed E-state index contributed by atoms with van der Waals surface area (Å²) in [6, 6.07) is 3.44. The van der Waals surface area contributed by atoms with Gasteiger partial charge in [0.1, 0.15) is 4.90 Å². The minimum Gasteiger partial charge on any atom is -0.478 e. The fraction of sp³-hybridized carbons (Fsp3) is 0.182. The maximum atomic E-state index is 12.1. The van der Waals surface area contributed by atoms with Crippen LogP contribution in [0.3, 0.4) is 0 Å². The van der Waals surface area contributed by atoms with E-state index in [0.29, 0.717) is 0 Å². The standard InChI is InChI=1S/C11H10ClN3O5S/c12-8-2-1-7(11(16)17)5-9(8)21(18,19)15-4-3-10-13-6-14-20-10/h1-2,5-6,15H,3-4H2,(H,16,17). The number of halogens is 1. The van der Waals surface area contributed by atoms with Gasteiger partial charge in [0, 0.05) is 13.0 Å². The number of carbonyl (C=O) groups is 1. The second-order valence-electron chi connectivity index (χ2n) is 3.93. The quantitative estimate of drug-likeness (QED) is 0.807. The van der Waals surface area contributed by atoms with Crippen LogP contribution in [-0.2, 0) is 16.4 Å². The summed E-state index contributed by atoms with van der Waals surface area (Å²) in [4.78, 5) is 14.3. The summed E-state index contributed by atoms with van der Waals surface area (Å²) in [7, 11) is -3.94. The lowest BCUT2D eigenvalue weighted by molar-refractivity contribution is 0.0696. The summed E-state index contributed by atoms with van der Waals surface area (Å²) in [6.07, 6.45) is 1.41. The molecule has 112 valence electrons. The number of carboxylic acids is 1. The number of carboxylic acid groups (broad SMARTS) is 1. The zero-order valence-corrected chi connectivity index (χ0v) is 12.1. The van der Waals surface area contributed by atoms with Crippen molar-refractivity contribution in [2.24, 2.45) is 0 Å². The maximum absolute atomic E-state index is 12.1. The van der Waals surface area contributed by atoms with Gasteiger partial charge in [-0.25, -0.2) is 17.9 Å². The van der Waals surface area contributed by atoms with E-state index in [-0.39, 0.29) is 34.3 Å². The molecule has 1 aromatic carbocycles. The van der Waals surface area contributed by atoms with Gasteiger partial charge in [0.15, 0.2) is 6.33 Å². The molecule has 0 radical (unpaired) electrons. The van der Waals surface area contributed by atoms with Gasteiger partial charge in [-0.1, -0.05) is 16.8 Å². The zero-order chi connectivity index (χ0) is 15.5. The van der Waals surface area contributed by atoms with Gasteiger partial charge in [-0.3, -0.25) is 0 Å². The molecule has 0 fully saturated rings. The SMILES string of the molecule is O=C(O)c1ccc(Cl)c(S(=O)(=O)NCCc2ncno2)c1. The fourth-order valence-electron chi connectivity index (χ4n) is 1.52. The summed E-state index contributed by atoms with van der Waals surface area (Å²) in [5.74, 6) is -0.961. The van der Waals surface area contributed by atoms with E-state index in [1.807, 2.05) is 0 Å². The van der Waals surface area contributed by atoms with E-state index in [0.717, 1.165) is 6.07 Å². The molecule has 0 saturated carbocycles. The van der Waals surface area contributed by atoms with Crippen LogP contribution in [0.15, 0.2) is 33.9 Å². The molecule has 1 aromatic heterocycles. The van der Waals surface area contributed by atoms with E-state index in [2.05, 4.69) is 14.9 Å². The molecule has 2 aromatic rings. The fourth-order valence-corrected chi connectivity index (χ4v) is 3.07. The van der Waals surface area contributed by atoms with Gasteiger partial charge >= 0.3 is 5.97 Å². The van der Waals surface area contributed by atoms with E-state index in [9.17, 15) is 13.2 Å². The van der Waals surface area contributed by atoms with Crippen LogP contribution < -0.4 is 4.72 Å². The van der Waals surface area contributed by atoms with Gasteiger partial charge in [0.05, 0.1) is 10.6 Å². The van der Waals surface area contributed by atoms with E-state index >= 15 is 0 Å². The number of aromatic carboxylic acids is 1. The van der Waals surface area contributed by atoms with Crippen molar-refractivity contribution in [3.63, 3.8) is 0 Å². The lowest BCUT2D eigenvalue weighted by Gasteiger charge is -2.08. The summed E-state index contributed by atoms with van der Waals surface area (Å²) in [5, 5.41) is 12.2. The third-order valence-electron chi connectivity index (χ3n) is 2.51. The van der Waals surface area contributed by atoms with Gasteiger partial charge in [-0.15, -0.1) is 0 Å². The molecule has 0 aliphatic carbocycles. The normalized spacial score (nSPS) is 11.5. The first-order chi connectivity index (χ1) is 9.90. The van der Waals surface area contributed by atoms with Crippen molar-refractivity contribution in [2.45, 2.75) is 11.3 Å². The number of aromatic nitrogens is 2. The predicted molar refractivity (Wildman–Crippen MR) is 71.6 cm³/mol. The average molecular weight is 332 g/mol. The van der Waals surface area contributed by atoms with Crippen molar-refractivity contribution in [2.75, 3.05) is 6.54 Å². The van der Waals surface area contributed by atoms with Gasteiger partial charge in [0.2, 0.25) is 15.9 Å². The van der Waals surface area contributed by atoms with Crippen LogP contribution in [0.2, 0.25) is 5.02 Å². The third kappa shape index (κ3) is 3.78. The Morgan fingerprint density at radius 3 is 2.81 bits per heavy atom. The molecule has 0 bridgehead atoms. The van der Waals surface area contributed by atoms with Crippen molar-refractivity contribution in [1.29, 1.82) is 0 Å². The Hall–Kier alpha value is -1.97. The molecule has 0 spiro atoms. The smallest absolute Gasteiger partial charge is 0.335 e. The first-order valence-corrected chi connectivity index (χ1v) is 7.54. The molecule has 0 saturated heterocycles. The minimum atomic E-state index is -3.94. The second-order valence-corrected chi connectivity index (χ2v) is 6.08. The topological polar surface area (TPSA) is 122 Å². The van der Waals surface area contributed by atoms with Crippen molar-refractivity contribution < 1.29 is 22.8 Å². The molecule has 2 N–H and O–H groups in total. The van der Waals surface area contributed by atoms with E-state index < -0.39 is 16.0 Å². The number of nitrogens with zero attached hydrogens (tertiary/aromatic N) is 2. The third-order valence-corrected chi connectivity index (χ3v) is 4.45. The van der Waals surface area contributed by atoms with E-state index in [4.69, 9.17) is 21.2 Å². The molecular weight excluding hydrogens is 322 g/mol. The number of rotatable bonds is 6. The molecule has 21 heavy (non-hydrogen) atoms. The van der Waals surface area contributed by atoms with Gasteiger partial charge in [0.25, 0.3) is 0 Å². The second kappa shape index (κ2) is 6.20. The number of nitrogens with one attached hydrogen (secondary N) is 1. The lowest BCUT2D eigenvalue weighted by atomic mass is 10.2. The predicted octanol–water partition coefficient (Wildman–Crippen LogP) is 0.942. The number of hydrogen-bond donors (Lipinski definition) is 2. The van der Waals surface area contributed by atoms with E-state index in [1.54, 1.807) is 0 Å². The molecule has 10 heteroatoms. The molecule has 0 aliphatic rings. The first kappa shape index (κ1) is 15.4. The highest BCUT2D eigenvalue weighted by atomic mass is 35.5. The molecule has 0 unspecified atom stereocenters. The molecule has 2 rings (SSSR count). The van der Waals surface area contributed by atoms with Crippen molar-refractivity contribution in [3.05, 3.63) is 41.0 Å². The highest BCUT2D eigenvalue weighted by Gasteiger charge is 2.20. The molecule has 0 amide bonds. The molecule has 0 atom stereocenters. The van der Waals surface area contributed by atoms with Gasteiger partial charge in [-0.05, 0) is 18.2 Å². The summed E-state index contributed by atoms with van der Waals surface area (Å²) in [5.41, 5.74) is -0.170. The van der Waals surface area contributed by atoms with Crippen LogP contribution in [-0.4, -0.2) is 36.2 Å². The molecular formula is C11H10ClN3O5S. The first-order valence-electron chi connectivity index (χ1n) is 5.68. The van der Waals surface area contributed by atoms with Crippen LogP contribution in [0, 0.1) is 0 Å². The van der Waals surface area contributed by atoms with Crippen LogP contribution >= 0.6 is 11.6 Å². The Morgan fingerprint density at radius 2 is 2.19 bits per heavy atom. The Labute approximate surface area is 124 Å². The monoisotopic (exact) mass is 331 g/mol. The summed E-state index contributed by atoms with van der Waals surface area (Å²) in [6.45, 7) is 0.0121. The van der Waals surface area contributed by atoms with E-state index in [1.165, 1.54) is 18.5 Å². The maximum Gasteiger partial charge on any atom is 0.335 e. The van der Waals surface area contributed by atoms with Crippen molar-refractivity contribution in [3.8, 4) is 0 Å². The van der Waals surface area contributed by atoms with Crippen molar-refractivity contribution >= 4 is 27.6 Å². The molecule has 8 nitrogen and oxygen atoms in total. The summed E-state index contributed by atoms with van der Waals surface area (Å²) < 4.78 is 31.2. The average Bonchev–Trinajstić information content (AvgIpc) is 2.91. The summed E-state index contributed by atoms with van der Waals surface area (Å²) >= 11 is 5.81.